The summed E-state index contributed by atoms with van der Waals surface area (Å²) < 4.78 is 6.38. The van der Waals surface area contributed by atoms with Crippen molar-refractivity contribution in [3.05, 3.63) is 213 Å². The molecule has 1 aliphatic rings. The van der Waals surface area contributed by atoms with Gasteiger partial charge in [0.2, 0.25) is 16.7 Å². The Morgan fingerprint density at radius 3 is 1.52 bits per heavy atom. The van der Waals surface area contributed by atoms with Gasteiger partial charge in [0.05, 0.1) is 10.6 Å². The van der Waals surface area contributed by atoms with Crippen molar-refractivity contribution in [2.75, 3.05) is 45.8 Å². The molecule has 0 N–H and O–H groups in total. The third-order valence-electron chi connectivity index (χ3n) is 12.4. The largest absolute Gasteiger partial charge is 0.406 e. The molecule has 0 amide bonds. The molecule has 65 heavy (non-hydrogen) atoms. The summed E-state index contributed by atoms with van der Waals surface area (Å²) in [6.07, 6.45) is 0.537. The molecular weight excluding hydrogens is 827 g/mol. The van der Waals surface area contributed by atoms with Crippen molar-refractivity contribution >= 4 is 5.69 Å². The Hall–Kier alpha value is -6.72. The number of nitrogens with zero attached hydrogens (tertiary/aromatic N) is 9. The van der Waals surface area contributed by atoms with Crippen LogP contribution in [0.2, 0.25) is 0 Å². The van der Waals surface area contributed by atoms with Crippen LogP contribution in [0.1, 0.15) is 33.9 Å². The minimum atomic E-state index is -0.402. The lowest BCUT2D eigenvalue weighted by Crippen LogP contribution is -2.51. The summed E-state index contributed by atoms with van der Waals surface area (Å²) in [5, 5.41) is 11.7. The number of hydrogen-bond donors (Lipinski definition) is 0. The highest BCUT2D eigenvalue weighted by atomic mass is 16.7. The van der Waals surface area contributed by atoms with E-state index in [0.717, 1.165) is 28.2 Å². The lowest BCUT2D eigenvalue weighted by Gasteiger charge is -2.39. The molecule has 0 bridgehead atoms. The van der Waals surface area contributed by atoms with E-state index in [1.807, 2.05) is 54.6 Å². The molecule has 5 heterocycles. The van der Waals surface area contributed by atoms with E-state index < -0.39 is 4.92 Å². The predicted octanol–water partition coefficient (Wildman–Crippen LogP) is 3.41. The zero-order valence-corrected chi connectivity index (χ0v) is 37.3. The van der Waals surface area contributed by atoms with Crippen LogP contribution in [0.25, 0.3) is 0 Å². The first kappa shape index (κ1) is 46.3. The molecule has 1 saturated heterocycles. The standard InChI is InChI=1S/C49H57N9O7/c1-50-41(13-7-17-46(50)59)32-54-26-25-53(34-44-16-10-20-49(62)57(44)65-37-39-11-5-4-6-12-39)27-28-55(33-42-14-8-18-47(60)51(42)2)35-45(31-38-21-23-40(24-22-38)58(63)64)56(30-29-54)36-43-15-9-19-48(61)52(43)3/h4-24,45H,25-37H2,1-3H3. The SMILES string of the molecule is Cn1c(CN2CCN(Cc3cccc(=O)n3OCc3ccccc3)CCN(Cc3cccc(=O)n3C)CC(Cc3ccc([N+](=O)[O-])cc3)N(Cc3cccc(=O)n3C)CC2)cccc1=O. The molecule has 7 rings (SSSR count). The minimum absolute atomic E-state index is 0.00977. The molecule has 0 radical (unpaired) electrons. The number of aromatic nitrogens is 4. The number of nitro groups is 1. The van der Waals surface area contributed by atoms with Gasteiger partial charge in [0, 0.05) is 153 Å². The van der Waals surface area contributed by atoms with Crippen LogP contribution in [-0.4, -0.2) is 94.8 Å². The van der Waals surface area contributed by atoms with E-state index >= 15 is 0 Å². The quantitative estimate of drug-likeness (QED) is 0.117. The summed E-state index contributed by atoms with van der Waals surface area (Å²) in [6.45, 7) is 6.11. The maximum atomic E-state index is 13.4. The van der Waals surface area contributed by atoms with Crippen molar-refractivity contribution in [3.8, 4) is 0 Å². The van der Waals surface area contributed by atoms with Crippen molar-refractivity contribution in [2.24, 2.45) is 21.1 Å². The zero-order valence-electron chi connectivity index (χ0n) is 37.3. The van der Waals surface area contributed by atoms with Crippen LogP contribution in [0.4, 0.5) is 5.69 Å². The number of benzene rings is 2. The third kappa shape index (κ3) is 12.3. The molecule has 16 nitrogen and oxygen atoms in total. The Kier molecular flexibility index (Phi) is 15.5. The number of pyridine rings is 4. The highest BCUT2D eigenvalue weighted by Crippen LogP contribution is 2.20. The van der Waals surface area contributed by atoms with Gasteiger partial charge in [0.15, 0.2) is 0 Å². The van der Waals surface area contributed by atoms with E-state index in [4.69, 9.17) is 4.84 Å². The van der Waals surface area contributed by atoms with Crippen molar-refractivity contribution in [2.45, 2.75) is 45.2 Å². The molecule has 6 aromatic rings. The van der Waals surface area contributed by atoms with E-state index in [9.17, 15) is 29.3 Å². The Balaban J connectivity index is 1.28. The van der Waals surface area contributed by atoms with Crippen molar-refractivity contribution in [1.82, 2.24) is 38.0 Å². The minimum Gasteiger partial charge on any atom is -0.406 e. The van der Waals surface area contributed by atoms with Crippen molar-refractivity contribution < 1.29 is 9.76 Å². The normalized spacial score (nSPS) is 16.1. The van der Waals surface area contributed by atoms with Crippen LogP contribution < -0.4 is 27.1 Å². The van der Waals surface area contributed by atoms with Gasteiger partial charge in [0.1, 0.15) is 6.61 Å². The topological polar surface area (TPSA) is 153 Å². The fourth-order valence-electron chi connectivity index (χ4n) is 8.32. The number of rotatable bonds is 14. The van der Waals surface area contributed by atoms with Crippen LogP contribution in [-0.2, 0) is 60.3 Å². The average molecular weight is 884 g/mol. The lowest BCUT2D eigenvalue weighted by atomic mass is 10.0. The fraction of sp³-hybridized carbons (Fsp3) is 0.347. The molecule has 0 spiro atoms. The van der Waals surface area contributed by atoms with Crippen LogP contribution in [0.15, 0.2) is 147 Å². The number of nitro benzene ring substituents is 1. The van der Waals surface area contributed by atoms with E-state index in [1.54, 1.807) is 89.4 Å². The fourth-order valence-corrected chi connectivity index (χ4v) is 8.32. The van der Waals surface area contributed by atoms with Crippen LogP contribution in [0.3, 0.4) is 0 Å². The summed E-state index contributed by atoms with van der Waals surface area (Å²) in [4.78, 5) is 78.9. The summed E-state index contributed by atoms with van der Waals surface area (Å²) in [7, 11) is 5.33. The van der Waals surface area contributed by atoms with Crippen molar-refractivity contribution in [1.29, 1.82) is 0 Å². The predicted molar refractivity (Wildman–Crippen MR) is 249 cm³/mol. The first-order valence-electron chi connectivity index (χ1n) is 21.9. The zero-order chi connectivity index (χ0) is 45.9. The average Bonchev–Trinajstić information content (AvgIpc) is 3.29. The number of non-ortho nitro benzene ring substituents is 1. The van der Waals surface area contributed by atoms with Gasteiger partial charge < -0.3 is 18.5 Å². The number of hydrogen-bond acceptors (Lipinski definition) is 11. The van der Waals surface area contributed by atoms with Gasteiger partial charge in [-0.1, -0.05) is 66.7 Å². The molecule has 4 aromatic heterocycles. The maximum Gasteiger partial charge on any atom is 0.283 e. The van der Waals surface area contributed by atoms with Crippen LogP contribution in [0, 0.1) is 10.1 Å². The summed E-state index contributed by atoms with van der Waals surface area (Å²) in [5.41, 5.74) is 4.51. The summed E-state index contributed by atoms with van der Waals surface area (Å²) in [6, 6.07) is 37.2. The van der Waals surface area contributed by atoms with Gasteiger partial charge in [-0.3, -0.25) is 48.9 Å². The highest BCUT2D eigenvalue weighted by molar-refractivity contribution is 5.33. The van der Waals surface area contributed by atoms with E-state index in [1.165, 1.54) is 22.9 Å². The monoisotopic (exact) mass is 883 g/mol. The molecule has 1 atom stereocenters. The molecule has 1 aliphatic heterocycles. The Bertz CT molecular complexity index is 2790. The second-order valence-electron chi connectivity index (χ2n) is 16.7. The molecule has 340 valence electrons. The molecule has 16 heteroatoms. The Morgan fingerprint density at radius 2 is 0.969 bits per heavy atom. The van der Waals surface area contributed by atoms with Gasteiger partial charge in [-0.05, 0) is 41.8 Å². The van der Waals surface area contributed by atoms with Gasteiger partial charge in [-0.2, -0.15) is 0 Å². The van der Waals surface area contributed by atoms with Gasteiger partial charge >= 0.3 is 0 Å². The molecule has 1 fully saturated rings. The van der Waals surface area contributed by atoms with Crippen molar-refractivity contribution in [3.63, 3.8) is 0 Å². The molecule has 1 unspecified atom stereocenters. The van der Waals surface area contributed by atoms with Gasteiger partial charge in [0.25, 0.3) is 11.2 Å². The molecule has 2 aromatic carbocycles. The first-order chi connectivity index (χ1) is 31.4. The Morgan fingerprint density at radius 1 is 0.508 bits per heavy atom. The van der Waals surface area contributed by atoms with Crippen LogP contribution >= 0.6 is 0 Å². The highest BCUT2D eigenvalue weighted by Gasteiger charge is 2.27. The molecule has 0 saturated carbocycles. The van der Waals surface area contributed by atoms with Gasteiger partial charge in [-0.15, -0.1) is 4.73 Å². The Labute approximate surface area is 377 Å². The summed E-state index contributed by atoms with van der Waals surface area (Å²) in [5.74, 6) is 0. The second kappa shape index (κ2) is 21.8. The third-order valence-corrected chi connectivity index (χ3v) is 12.4. The van der Waals surface area contributed by atoms with E-state index in [0.29, 0.717) is 84.1 Å². The molecule has 0 aliphatic carbocycles. The van der Waals surface area contributed by atoms with Gasteiger partial charge in [-0.25, -0.2) is 0 Å². The first-order valence-corrected chi connectivity index (χ1v) is 21.9. The summed E-state index contributed by atoms with van der Waals surface area (Å²) >= 11 is 0. The van der Waals surface area contributed by atoms with E-state index in [2.05, 4.69) is 19.6 Å². The second-order valence-corrected chi connectivity index (χ2v) is 16.7. The van der Waals surface area contributed by atoms with E-state index in [-0.39, 0.29) is 40.6 Å². The smallest absolute Gasteiger partial charge is 0.283 e. The van der Waals surface area contributed by atoms with Crippen LogP contribution in [0.5, 0.6) is 0 Å². The maximum absolute atomic E-state index is 13.4. The molecular formula is C49H57N9O7. The lowest BCUT2D eigenvalue weighted by molar-refractivity contribution is -0.384.